The molecular weight excluding hydrogens is 50.0 g/mol. The molecule has 1 unspecified atom stereocenters. The minimum atomic E-state index is 0.792. The van der Waals surface area contributed by atoms with Gasteiger partial charge in [0.25, 0.3) is 0 Å². The fourth-order valence-electron chi connectivity index (χ4n) is 0.288. The summed E-state index contributed by atoms with van der Waals surface area (Å²) in [6, 6.07) is 0.792. The van der Waals surface area contributed by atoms with Crippen molar-refractivity contribution in [3.8, 4) is 0 Å². The summed E-state index contributed by atoms with van der Waals surface area (Å²) in [7, 11) is 0. The van der Waals surface area contributed by atoms with E-state index in [1.54, 1.807) is 0 Å². The smallest absolute Gasteiger partial charge is 0.0930 e. The summed E-state index contributed by atoms with van der Waals surface area (Å²) in [5, 5.41) is 0. The van der Waals surface area contributed by atoms with Crippen LogP contribution >= 0.6 is 0 Å². The SMILES string of the molecule is C1C2=NC12. The van der Waals surface area contributed by atoms with E-state index in [2.05, 4.69) is 4.99 Å². The average molecular weight is 53.1 g/mol. The van der Waals surface area contributed by atoms with E-state index in [0.717, 1.165) is 6.04 Å². The van der Waals surface area contributed by atoms with E-state index in [1.165, 1.54) is 12.1 Å². The Morgan fingerprint density at radius 3 is 2.25 bits per heavy atom. The molecule has 0 N–H and O–H groups in total. The van der Waals surface area contributed by atoms with Gasteiger partial charge in [0.2, 0.25) is 0 Å². The lowest BCUT2D eigenvalue weighted by Gasteiger charge is -1.50. The van der Waals surface area contributed by atoms with Crippen LogP contribution in [-0.2, 0) is 0 Å². The van der Waals surface area contributed by atoms with Crippen molar-refractivity contribution in [2.24, 2.45) is 4.99 Å². The number of hydrogen-bond acceptors (Lipinski definition) is 1. The minimum Gasteiger partial charge on any atom is -0.282 e. The Morgan fingerprint density at radius 2 is 2.25 bits per heavy atom. The van der Waals surface area contributed by atoms with Crippen LogP contribution in [0.5, 0.6) is 0 Å². The van der Waals surface area contributed by atoms with Gasteiger partial charge in [0.15, 0.2) is 0 Å². The number of nitrogens with zero attached hydrogens (tertiary/aromatic N) is 1. The molecule has 1 nitrogen and oxygen atoms in total. The van der Waals surface area contributed by atoms with Gasteiger partial charge in [-0.15, -0.1) is 0 Å². The molecule has 0 amide bonds. The summed E-state index contributed by atoms with van der Waals surface area (Å²) < 4.78 is 0. The second kappa shape index (κ2) is 0.127. The van der Waals surface area contributed by atoms with Gasteiger partial charge in [0, 0.05) is 12.1 Å². The molecule has 1 aliphatic carbocycles. The van der Waals surface area contributed by atoms with Crippen molar-refractivity contribution in [2.75, 3.05) is 0 Å². The maximum absolute atomic E-state index is 3.92. The van der Waals surface area contributed by atoms with Crippen molar-refractivity contribution in [1.29, 1.82) is 0 Å². The van der Waals surface area contributed by atoms with Gasteiger partial charge in [-0.25, -0.2) is 0 Å². The third kappa shape index (κ3) is 0.0127. The van der Waals surface area contributed by atoms with E-state index >= 15 is 0 Å². The van der Waals surface area contributed by atoms with Gasteiger partial charge in [-0.1, -0.05) is 0 Å². The number of fused-ring (bicyclic) bond motifs is 1. The molecule has 4 heavy (non-hydrogen) atoms. The zero-order chi connectivity index (χ0) is 2.57. The zero-order valence-electron chi connectivity index (χ0n) is 2.23. The van der Waals surface area contributed by atoms with E-state index in [-0.39, 0.29) is 0 Å². The van der Waals surface area contributed by atoms with Crippen LogP contribution in [0.25, 0.3) is 0 Å². The van der Waals surface area contributed by atoms with Gasteiger partial charge in [0.05, 0.1) is 6.04 Å². The first kappa shape index (κ1) is 1.20. The third-order valence-electron chi connectivity index (χ3n) is 0.881. The van der Waals surface area contributed by atoms with E-state index < -0.39 is 0 Å². The van der Waals surface area contributed by atoms with Crippen molar-refractivity contribution in [1.82, 2.24) is 0 Å². The van der Waals surface area contributed by atoms with Crippen molar-refractivity contribution < 1.29 is 0 Å². The van der Waals surface area contributed by atoms with Crippen LogP contribution in [0.2, 0.25) is 0 Å². The summed E-state index contributed by atoms with van der Waals surface area (Å²) >= 11 is 0. The molecule has 1 saturated carbocycles. The van der Waals surface area contributed by atoms with Crippen LogP contribution in [0, 0.1) is 0 Å². The van der Waals surface area contributed by atoms with Crippen LogP contribution in [0.15, 0.2) is 4.99 Å². The normalized spacial score (nSPS) is 46.0. The van der Waals surface area contributed by atoms with Crippen LogP contribution in [-0.4, -0.2) is 11.8 Å². The molecular formula is C3H3N. The van der Waals surface area contributed by atoms with Gasteiger partial charge < -0.3 is 0 Å². The molecule has 20 valence electrons. The fraction of sp³-hybridized carbons (Fsp3) is 0.667. The average Bonchev–Trinajstić information content (AvgIpc) is 1.36. The first-order chi connectivity index (χ1) is 1.97. The lowest BCUT2D eigenvalue weighted by Crippen LogP contribution is -1.45. The molecule has 0 bridgehead atoms. The van der Waals surface area contributed by atoms with Gasteiger partial charge in [0.1, 0.15) is 0 Å². The molecule has 2 aliphatic rings. The van der Waals surface area contributed by atoms with Crippen LogP contribution < -0.4 is 0 Å². The second-order valence-corrected chi connectivity index (χ2v) is 1.34. The molecule has 1 atom stereocenters. The molecule has 0 aromatic heterocycles. The molecule has 2 rings (SSSR count). The number of hydrogen-bond donors (Lipinski definition) is 0. The Hall–Kier alpha value is -0.330. The lowest BCUT2D eigenvalue weighted by atomic mass is 10.8. The van der Waals surface area contributed by atoms with Crippen LogP contribution in [0.4, 0.5) is 0 Å². The molecule has 1 fully saturated rings. The van der Waals surface area contributed by atoms with E-state index in [1.807, 2.05) is 0 Å². The number of rotatable bonds is 0. The molecule has 0 aromatic rings. The standard InChI is InChI=1S/C3H3N/c1-2-3(1)4-2/h2H,1H2. The molecule has 0 spiro atoms. The summed E-state index contributed by atoms with van der Waals surface area (Å²) in [6.07, 6.45) is 1.33. The Kier molecular flexibility index (Phi) is 0.0380. The maximum atomic E-state index is 3.92. The number of aliphatic imine (C=N–C) groups is 1. The van der Waals surface area contributed by atoms with E-state index in [0.29, 0.717) is 0 Å². The highest BCUT2D eigenvalue weighted by Crippen LogP contribution is 2.35. The first-order valence-electron chi connectivity index (χ1n) is 1.53. The predicted octanol–water partition coefficient (Wildman–Crippen LogP) is 0.213. The van der Waals surface area contributed by atoms with Gasteiger partial charge in [-0.2, -0.15) is 0 Å². The molecule has 1 aliphatic heterocycles. The van der Waals surface area contributed by atoms with E-state index in [4.69, 9.17) is 0 Å². The lowest BCUT2D eigenvalue weighted by molar-refractivity contribution is 1.16. The van der Waals surface area contributed by atoms with Crippen LogP contribution in [0.3, 0.4) is 0 Å². The van der Waals surface area contributed by atoms with Crippen molar-refractivity contribution in [3.63, 3.8) is 0 Å². The molecule has 0 radical (unpaired) electrons. The summed E-state index contributed by atoms with van der Waals surface area (Å²) in [4.78, 5) is 3.92. The monoisotopic (exact) mass is 53.0 g/mol. The predicted molar refractivity (Wildman–Crippen MR) is 15.8 cm³/mol. The minimum absolute atomic E-state index is 0.792. The van der Waals surface area contributed by atoms with Crippen LogP contribution in [0.1, 0.15) is 6.42 Å². The highest BCUT2D eigenvalue weighted by molar-refractivity contribution is 6.16. The van der Waals surface area contributed by atoms with Gasteiger partial charge in [-0.3, -0.25) is 4.99 Å². The molecule has 1 heterocycles. The van der Waals surface area contributed by atoms with Gasteiger partial charge >= 0.3 is 0 Å². The molecule has 0 aromatic carbocycles. The largest absolute Gasteiger partial charge is 0.282 e. The maximum Gasteiger partial charge on any atom is 0.0930 e. The second-order valence-electron chi connectivity index (χ2n) is 1.34. The Morgan fingerprint density at radius 1 is 2.00 bits per heavy atom. The first-order valence-corrected chi connectivity index (χ1v) is 1.53. The summed E-state index contributed by atoms with van der Waals surface area (Å²) in [5.41, 5.74) is 1.46. The molecule has 1 heteroatoms. The molecule has 0 saturated heterocycles. The highest BCUT2D eigenvalue weighted by Gasteiger charge is 2.43. The van der Waals surface area contributed by atoms with Crippen molar-refractivity contribution >= 4 is 5.71 Å². The van der Waals surface area contributed by atoms with Gasteiger partial charge in [-0.05, 0) is 0 Å². The van der Waals surface area contributed by atoms with E-state index in [9.17, 15) is 0 Å². The Balaban J connectivity index is 2.85. The Bertz CT molecular complexity index is 83.3. The summed E-state index contributed by atoms with van der Waals surface area (Å²) in [5.74, 6) is 0. The fourth-order valence-corrected chi connectivity index (χ4v) is 0.288. The zero-order valence-corrected chi connectivity index (χ0v) is 2.23. The van der Waals surface area contributed by atoms with Crippen molar-refractivity contribution in [2.45, 2.75) is 12.5 Å². The van der Waals surface area contributed by atoms with Crippen molar-refractivity contribution in [3.05, 3.63) is 0 Å². The summed E-state index contributed by atoms with van der Waals surface area (Å²) in [6.45, 7) is 0. The Labute approximate surface area is 24.4 Å². The quantitative estimate of drug-likeness (QED) is 0.374. The highest BCUT2D eigenvalue weighted by atomic mass is 15.1. The topological polar surface area (TPSA) is 12.4 Å². The third-order valence-corrected chi connectivity index (χ3v) is 0.881.